The molecule has 0 radical (unpaired) electrons. The van der Waals surface area contributed by atoms with Gasteiger partial charge in [0, 0.05) is 31.2 Å². The number of hydrogen-bond donors (Lipinski definition) is 1. The maximum atomic E-state index is 5.98. The molecule has 3 rings (SSSR count). The summed E-state index contributed by atoms with van der Waals surface area (Å²) in [5.41, 5.74) is 10.3. The Morgan fingerprint density at radius 3 is 2.74 bits per heavy atom. The maximum absolute atomic E-state index is 5.98. The molecule has 0 aliphatic carbocycles. The van der Waals surface area contributed by atoms with Crippen molar-refractivity contribution in [1.82, 2.24) is 9.88 Å². The van der Waals surface area contributed by atoms with Crippen molar-refractivity contribution in [3.05, 3.63) is 34.7 Å². The first-order valence-electron chi connectivity index (χ1n) is 8.08. The first-order chi connectivity index (χ1) is 11.0. The van der Waals surface area contributed by atoms with E-state index in [2.05, 4.69) is 18.7 Å². The van der Waals surface area contributed by atoms with Crippen LogP contribution in [0.2, 0.25) is 0 Å². The number of nitrogens with zero attached hydrogens (tertiary/aromatic N) is 2. The normalized spacial score (nSPS) is 18.6. The number of hydrogen-bond acceptors (Lipinski definition) is 5. The number of nitrogens with two attached hydrogens (primary N) is 1. The molecule has 2 N–H and O–H groups in total. The van der Waals surface area contributed by atoms with Crippen LogP contribution in [0.5, 0.6) is 5.75 Å². The van der Waals surface area contributed by atoms with Gasteiger partial charge in [-0.1, -0.05) is 0 Å². The molecule has 1 aromatic carbocycles. The monoisotopic (exact) mass is 315 g/mol. The molecule has 0 saturated carbocycles. The number of likely N-dealkylation sites (tertiary alicyclic amines) is 1. The van der Waals surface area contributed by atoms with Crippen molar-refractivity contribution in [1.29, 1.82) is 0 Å². The molecule has 1 aliphatic heterocycles. The summed E-state index contributed by atoms with van der Waals surface area (Å²) in [6.07, 6.45) is 1.06. The number of ether oxygens (including phenoxy) is 1. The van der Waals surface area contributed by atoms with Crippen molar-refractivity contribution in [3.63, 3.8) is 0 Å². The molecule has 0 amide bonds. The zero-order chi connectivity index (χ0) is 16.6. The highest BCUT2D eigenvalue weighted by Crippen LogP contribution is 2.31. The predicted octanol–water partition coefficient (Wildman–Crippen LogP) is 2.81. The molecule has 23 heavy (non-hydrogen) atoms. The third-order valence-electron chi connectivity index (χ3n) is 4.76. The molecule has 0 bridgehead atoms. The second-order valence-corrected chi connectivity index (χ2v) is 6.37. The van der Waals surface area contributed by atoms with Gasteiger partial charge >= 0.3 is 0 Å². The summed E-state index contributed by atoms with van der Waals surface area (Å²) in [6.45, 7) is 8.88. The summed E-state index contributed by atoms with van der Waals surface area (Å²) in [5, 5.41) is 0. The minimum Gasteiger partial charge on any atom is -0.496 e. The molecule has 5 nitrogen and oxygen atoms in total. The fourth-order valence-electron chi connectivity index (χ4n) is 3.16. The number of rotatable bonds is 4. The van der Waals surface area contributed by atoms with E-state index in [1.165, 1.54) is 0 Å². The summed E-state index contributed by atoms with van der Waals surface area (Å²) >= 11 is 0. The van der Waals surface area contributed by atoms with E-state index in [9.17, 15) is 0 Å². The van der Waals surface area contributed by atoms with E-state index in [-0.39, 0.29) is 6.04 Å². The average Bonchev–Trinajstić information content (AvgIpc) is 3.09. The van der Waals surface area contributed by atoms with Gasteiger partial charge in [0.2, 0.25) is 5.89 Å². The number of oxazole rings is 1. The Labute approximate surface area is 137 Å². The smallest absolute Gasteiger partial charge is 0.226 e. The van der Waals surface area contributed by atoms with Crippen LogP contribution in [0.1, 0.15) is 29.0 Å². The second-order valence-electron chi connectivity index (χ2n) is 6.37. The number of methoxy groups -OCH3 is 1. The van der Waals surface area contributed by atoms with Gasteiger partial charge in [0.25, 0.3) is 0 Å². The molecule has 1 fully saturated rings. The van der Waals surface area contributed by atoms with Crippen LogP contribution in [0, 0.1) is 20.8 Å². The quantitative estimate of drug-likeness (QED) is 0.940. The highest BCUT2D eigenvalue weighted by Gasteiger charge is 2.22. The Balaban J connectivity index is 1.87. The van der Waals surface area contributed by atoms with Crippen LogP contribution in [-0.4, -0.2) is 36.1 Å². The molecule has 1 saturated heterocycles. The molecule has 0 spiro atoms. The fourth-order valence-corrected chi connectivity index (χ4v) is 3.16. The first-order valence-corrected chi connectivity index (χ1v) is 8.08. The zero-order valence-corrected chi connectivity index (χ0v) is 14.3. The molecule has 124 valence electrons. The third kappa shape index (κ3) is 3.12. The molecule has 1 aliphatic rings. The summed E-state index contributed by atoms with van der Waals surface area (Å²) < 4.78 is 11.3. The first kappa shape index (κ1) is 16.0. The minimum atomic E-state index is 0.285. The van der Waals surface area contributed by atoms with Crippen LogP contribution in [0.4, 0.5) is 0 Å². The van der Waals surface area contributed by atoms with Gasteiger partial charge in [-0.25, -0.2) is 4.98 Å². The molecule has 2 heterocycles. The number of aromatic nitrogens is 1. The fraction of sp³-hybridized carbons (Fsp3) is 0.500. The SMILES string of the molecule is COc1ccc(-c2nc(CN3CCC(N)C3)c(C)o2)c(C)c1C. The molecule has 1 aromatic heterocycles. The standard InChI is InChI=1S/C18H25N3O2/c1-11-12(2)17(22-4)6-5-15(11)18-20-16(13(3)23-18)10-21-8-7-14(19)9-21/h5-6,14H,7-10,19H2,1-4H3. The molecule has 2 aromatic rings. The molecular weight excluding hydrogens is 290 g/mol. The molecule has 5 heteroatoms. The molecule has 1 atom stereocenters. The van der Waals surface area contributed by atoms with Gasteiger partial charge < -0.3 is 14.9 Å². The lowest BCUT2D eigenvalue weighted by atomic mass is 10.0. The Bertz CT molecular complexity index is 709. The van der Waals surface area contributed by atoms with Crippen LogP contribution in [0.3, 0.4) is 0 Å². The van der Waals surface area contributed by atoms with E-state index in [1.807, 2.05) is 19.1 Å². The number of benzene rings is 1. The minimum absolute atomic E-state index is 0.285. The van der Waals surface area contributed by atoms with Crippen molar-refractivity contribution in [2.45, 2.75) is 39.8 Å². The van der Waals surface area contributed by atoms with Crippen LogP contribution < -0.4 is 10.5 Å². The summed E-state index contributed by atoms with van der Waals surface area (Å²) in [5.74, 6) is 2.46. The van der Waals surface area contributed by atoms with Gasteiger partial charge in [0.1, 0.15) is 11.5 Å². The largest absolute Gasteiger partial charge is 0.496 e. The van der Waals surface area contributed by atoms with E-state index in [0.29, 0.717) is 5.89 Å². The highest BCUT2D eigenvalue weighted by molar-refractivity contribution is 5.63. The van der Waals surface area contributed by atoms with Crippen LogP contribution in [0.15, 0.2) is 16.5 Å². The van der Waals surface area contributed by atoms with E-state index in [4.69, 9.17) is 19.9 Å². The average molecular weight is 315 g/mol. The van der Waals surface area contributed by atoms with E-state index in [0.717, 1.165) is 59.9 Å². The van der Waals surface area contributed by atoms with Gasteiger partial charge in [-0.2, -0.15) is 0 Å². The van der Waals surface area contributed by atoms with E-state index in [1.54, 1.807) is 7.11 Å². The third-order valence-corrected chi connectivity index (χ3v) is 4.76. The lowest BCUT2D eigenvalue weighted by Crippen LogP contribution is -2.26. The van der Waals surface area contributed by atoms with Crippen molar-refractivity contribution in [2.75, 3.05) is 20.2 Å². The van der Waals surface area contributed by atoms with Gasteiger partial charge in [0.05, 0.1) is 12.8 Å². The van der Waals surface area contributed by atoms with Gasteiger partial charge in [-0.3, -0.25) is 4.90 Å². The Morgan fingerprint density at radius 1 is 1.30 bits per heavy atom. The maximum Gasteiger partial charge on any atom is 0.226 e. The molecular formula is C18H25N3O2. The number of aryl methyl sites for hydroxylation is 1. The highest BCUT2D eigenvalue weighted by atomic mass is 16.5. The summed E-state index contributed by atoms with van der Waals surface area (Å²) in [4.78, 5) is 7.07. The van der Waals surface area contributed by atoms with Crippen LogP contribution in [-0.2, 0) is 6.54 Å². The van der Waals surface area contributed by atoms with Crippen LogP contribution in [0.25, 0.3) is 11.5 Å². The summed E-state index contributed by atoms with van der Waals surface area (Å²) in [7, 11) is 1.69. The van der Waals surface area contributed by atoms with Crippen LogP contribution >= 0.6 is 0 Å². The van der Waals surface area contributed by atoms with Crippen molar-refractivity contribution >= 4 is 0 Å². The van der Waals surface area contributed by atoms with E-state index < -0.39 is 0 Å². The Kier molecular flexibility index (Phi) is 4.41. The zero-order valence-electron chi connectivity index (χ0n) is 14.3. The van der Waals surface area contributed by atoms with Gasteiger partial charge in [0.15, 0.2) is 0 Å². The second kappa shape index (κ2) is 6.34. The lowest BCUT2D eigenvalue weighted by molar-refractivity contribution is 0.321. The van der Waals surface area contributed by atoms with Crippen molar-refractivity contribution < 1.29 is 9.15 Å². The van der Waals surface area contributed by atoms with E-state index >= 15 is 0 Å². The Morgan fingerprint density at radius 2 is 2.09 bits per heavy atom. The predicted molar refractivity (Wildman–Crippen MR) is 90.6 cm³/mol. The lowest BCUT2D eigenvalue weighted by Gasteiger charge is -2.13. The van der Waals surface area contributed by atoms with Crippen molar-refractivity contribution in [2.24, 2.45) is 5.73 Å². The topological polar surface area (TPSA) is 64.5 Å². The van der Waals surface area contributed by atoms with Gasteiger partial charge in [-0.15, -0.1) is 0 Å². The Hall–Kier alpha value is -1.85. The van der Waals surface area contributed by atoms with Crippen molar-refractivity contribution in [3.8, 4) is 17.2 Å². The molecule has 1 unspecified atom stereocenters. The van der Waals surface area contributed by atoms with Gasteiger partial charge in [-0.05, 0) is 50.5 Å². The summed E-state index contributed by atoms with van der Waals surface area (Å²) in [6, 6.07) is 4.27.